The van der Waals surface area contributed by atoms with Crippen molar-refractivity contribution in [2.75, 3.05) is 26.2 Å². The smallest absolute Gasteiger partial charge is 0.313 e. The van der Waals surface area contributed by atoms with Crippen LogP contribution in [0.2, 0.25) is 0 Å². The Morgan fingerprint density at radius 2 is 1.56 bits per heavy atom. The number of carbonyl (C=O) groups is 2. The SMILES string of the molecule is CCCCCCCCCCC=CC(CC(=O)O)C(=O)OCCN(CC)CC. The Hall–Kier alpha value is -1.36. The van der Waals surface area contributed by atoms with Crippen molar-refractivity contribution in [3.63, 3.8) is 0 Å². The number of aliphatic carboxylic acids is 1. The van der Waals surface area contributed by atoms with Crippen LogP contribution < -0.4 is 0 Å². The van der Waals surface area contributed by atoms with Gasteiger partial charge in [-0.1, -0.05) is 77.9 Å². The fourth-order valence-electron chi connectivity index (χ4n) is 3.00. The van der Waals surface area contributed by atoms with Crippen molar-refractivity contribution in [2.24, 2.45) is 5.92 Å². The molecule has 0 saturated carbocycles. The molecular weight excluding hydrogens is 342 g/mol. The summed E-state index contributed by atoms with van der Waals surface area (Å²) < 4.78 is 5.29. The topological polar surface area (TPSA) is 66.8 Å². The molecule has 0 amide bonds. The van der Waals surface area contributed by atoms with Crippen LogP contribution in [0.5, 0.6) is 0 Å². The molecule has 0 aliphatic heterocycles. The summed E-state index contributed by atoms with van der Waals surface area (Å²) in [4.78, 5) is 25.4. The second-order valence-electron chi connectivity index (χ2n) is 7.09. The van der Waals surface area contributed by atoms with Gasteiger partial charge in [0.05, 0.1) is 12.3 Å². The van der Waals surface area contributed by atoms with Crippen molar-refractivity contribution in [3.8, 4) is 0 Å². The highest BCUT2D eigenvalue weighted by Crippen LogP contribution is 2.12. The monoisotopic (exact) mass is 383 g/mol. The predicted octanol–water partition coefficient (Wildman–Crippen LogP) is 5.05. The molecular formula is C22H41NO4. The Labute approximate surface area is 166 Å². The van der Waals surface area contributed by atoms with E-state index >= 15 is 0 Å². The highest BCUT2D eigenvalue weighted by molar-refractivity contribution is 5.80. The van der Waals surface area contributed by atoms with Crippen molar-refractivity contribution in [1.82, 2.24) is 4.90 Å². The zero-order valence-corrected chi connectivity index (χ0v) is 17.8. The molecule has 1 unspecified atom stereocenters. The predicted molar refractivity (Wildman–Crippen MR) is 111 cm³/mol. The number of esters is 1. The second kappa shape index (κ2) is 18.0. The first kappa shape index (κ1) is 25.6. The summed E-state index contributed by atoms with van der Waals surface area (Å²) in [5.74, 6) is -2.10. The third-order valence-corrected chi connectivity index (χ3v) is 4.84. The van der Waals surface area contributed by atoms with E-state index in [0.29, 0.717) is 13.2 Å². The summed E-state index contributed by atoms with van der Waals surface area (Å²) in [5.41, 5.74) is 0. The molecule has 0 rings (SSSR count). The fraction of sp³-hybridized carbons (Fsp3) is 0.818. The number of hydrogen-bond acceptors (Lipinski definition) is 4. The molecule has 1 atom stereocenters. The third kappa shape index (κ3) is 15.4. The number of carbonyl (C=O) groups excluding carboxylic acids is 1. The van der Waals surface area contributed by atoms with Crippen LogP contribution in [0.25, 0.3) is 0 Å². The lowest BCUT2D eigenvalue weighted by Crippen LogP contribution is -2.29. The van der Waals surface area contributed by atoms with E-state index in [0.717, 1.165) is 25.9 Å². The van der Waals surface area contributed by atoms with E-state index in [1.165, 1.54) is 44.9 Å². The average molecular weight is 384 g/mol. The number of allylic oxidation sites excluding steroid dienone is 1. The van der Waals surface area contributed by atoms with E-state index in [-0.39, 0.29) is 6.42 Å². The molecule has 0 aromatic heterocycles. The largest absolute Gasteiger partial charge is 0.481 e. The zero-order valence-electron chi connectivity index (χ0n) is 17.8. The number of carboxylic acid groups (broad SMARTS) is 1. The Morgan fingerprint density at radius 3 is 2.11 bits per heavy atom. The number of ether oxygens (including phenoxy) is 1. The Bertz CT molecular complexity index is 405. The van der Waals surface area contributed by atoms with Gasteiger partial charge in [0, 0.05) is 6.54 Å². The van der Waals surface area contributed by atoms with Gasteiger partial charge in [0.15, 0.2) is 0 Å². The Balaban J connectivity index is 4.08. The molecule has 1 N–H and O–H groups in total. The quantitative estimate of drug-likeness (QED) is 0.204. The first-order valence-corrected chi connectivity index (χ1v) is 10.8. The lowest BCUT2D eigenvalue weighted by molar-refractivity contribution is -0.151. The number of nitrogens with zero attached hydrogens (tertiary/aromatic N) is 1. The van der Waals surface area contributed by atoms with Crippen LogP contribution in [0.15, 0.2) is 12.2 Å². The van der Waals surface area contributed by atoms with E-state index in [9.17, 15) is 9.59 Å². The minimum Gasteiger partial charge on any atom is -0.481 e. The van der Waals surface area contributed by atoms with Crippen molar-refractivity contribution in [3.05, 3.63) is 12.2 Å². The lowest BCUT2D eigenvalue weighted by atomic mass is 10.0. The summed E-state index contributed by atoms with van der Waals surface area (Å²) in [5, 5.41) is 9.03. The molecule has 0 aromatic carbocycles. The van der Waals surface area contributed by atoms with Gasteiger partial charge in [-0.3, -0.25) is 9.59 Å². The van der Waals surface area contributed by atoms with Crippen LogP contribution in [-0.4, -0.2) is 48.2 Å². The third-order valence-electron chi connectivity index (χ3n) is 4.84. The molecule has 0 heterocycles. The summed E-state index contributed by atoms with van der Waals surface area (Å²) in [6.45, 7) is 9.16. The van der Waals surface area contributed by atoms with Gasteiger partial charge in [0.2, 0.25) is 0 Å². The molecule has 0 radical (unpaired) electrons. The molecule has 0 bridgehead atoms. The van der Waals surface area contributed by atoms with Crippen molar-refractivity contribution in [1.29, 1.82) is 0 Å². The van der Waals surface area contributed by atoms with E-state index in [4.69, 9.17) is 9.84 Å². The molecule has 27 heavy (non-hydrogen) atoms. The standard InChI is InChI=1S/C22H41NO4/c1-4-7-8-9-10-11-12-13-14-15-16-20(19-21(24)25)22(26)27-18-17-23(5-2)6-3/h15-16,20H,4-14,17-19H2,1-3H3,(H,24,25). The number of likely N-dealkylation sites (N-methyl/N-ethyl adjacent to an activating group) is 1. The van der Waals surface area contributed by atoms with Crippen molar-refractivity contribution < 1.29 is 19.4 Å². The van der Waals surface area contributed by atoms with Gasteiger partial charge >= 0.3 is 11.9 Å². The lowest BCUT2D eigenvalue weighted by Gasteiger charge is -2.18. The molecule has 5 nitrogen and oxygen atoms in total. The van der Waals surface area contributed by atoms with Crippen LogP contribution in [-0.2, 0) is 14.3 Å². The fourth-order valence-corrected chi connectivity index (χ4v) is 3.00. The Morgan fingerprint density at radius 1 is 0.963 bits per heavy atom. The second-order valence-corrected chi connectivity index (χ2v) is 7.09. The average Bonchev–Trinajstić information content (AvgIpc) is 2.65. The maximum absolute atomic E-state index is 12.2. The zero-order chi connectivity index (χ0) is 20.3. The maximum Gasteiger partial charge on any atom is 0.313 e. The van der Waals surface area contributed by atoms with Gasteiger partial charge in [-0.15, -0.1) is 0 Å². The number of hydrogen-bond donors (Lipinski definition) is 1. The van der Waals surface area contributed by atoms with Crippen molar-refractivity contribution >= 4 is 11.9 Å². The van der Waals surface area contributed by atoms with Crippen molar-refractivity contribution in [2.45, 2.75) is 85.0 Å². The molecule has 0 saturated heterocycles. The van der Waals surface area contributed by atoms with Gasteiger partial charge in [0.25, 0.3) is 0 Å². The highest BCUT2D eigenvalue weighted by Gasteiger charge is 2.20. The molecule has 0 aromatic rings. The van der Waals surface area contributed by atoms with Crippen LogP contribution in [0.3, 0.4) is 0 Å². The normalized spacial score (nSPS) is 12.6. The molecule has 158 valence electrons. The van der Waals surface area contributed by atoms with Gasteiger partial charge in [-0.05, 0) is 25.9 Å². The maximum atomic E-state index is 12.2. The number of unbranched alkanes of at least 4 members (excludes halogenated alkanes) is 8. The number of carboxylic acids is 1. The number of rotatable bonds is 18. The van der Waals surface area contributed by atoms with E-state index in [1.54, 1.807) is 6.08 Å². The first-order valence-electron chi connectivity index (χ1n) is 10.8. The molecule has 5 heteroatoms. The van der Waals surface area contributed by atoms with Gasteiger partial charge in [-0.2, -0.15) is 0 Å². The van der Waals surface area contributed by atoms with Crippen LogP contribution >= 0.6 is 0 Å². The highest BCUT2D eigenvalue weighted by atomic mass is 16.5. The van der Waals surface area contributed by atoms with E-state index in [1.807, 2.05) is 6.08 Å². The van der Waals surface area contributed by atoms with Gasteiger partial charge in [-0.25, -0.2) is 0 Å². The molecule has 0 aliphatic rings. The van der Waals surface area contributed by atoms with Gasteiger partial charge < -0.3 is 14.7 Å². The first-order chi connectivity index (χ1) is 13.0. The van der Waals surface area contributed by atoms with Crippen LogP contribution in [0.1, 0.15) is 85.0 Å². The molecule has 0 aliphatic carbocycles. The molecule has 0 fully saturated rings. The summed E-state index contributed by atoms with van der Waals surface area (Å²) in [6, 6.07) is 0. The van der Waals surface area contributed by atoms with Gasteiger partial charge in [0.1, 0.15) is 6.61 Å². The minimum absolute atomic E-state index is 0.210. The molecule has 0 spiro atoms. The minimum atomic E-state index is -0.975. The van der Waals surface area contributed by atoms with E-state index < -0.39 is 17.9 Å². The Kier molecular flexibility index (Phi) is 17.1. The van der Waals surface area contributed by atoms with E-state index in [2.05, 4.69) is 25.7 Å². The van der Waals surface area contributed by atoms with Crippen LogP contribution in [0, 0.1) is 5.92 Å². The summed E-state index contributed by atoms with van der Waals surface area (Å²) in [6.07, 6.45) is 14.4. The summed E-state index contributed by atoms with van der Waals surface area (Å²) >= 11 is 0. The van der Waals surface area contributed by atoms with Crippen LogP contribution in [0.4, 0.5) is 0 Å². The summed E-state index contributed by atoms with van der Waals surface area (Å²) in [7, 11) is 0.